The second-order valence-corrected chi connectivity index (χ2v) is 2.64. The Kier molecular flexibility index (Phi) is 2.76. The molecule has 0 aromatic heterocycles. The van der Waals surface area contributed by atoms with Crippen LogP contribution < -0.4 is 4.74 Å². The van der Waals surface area contributed by atoms with Gasteiger partial charge in [0, 0.05) is 5.56 Å². The first-order valence-electron chi connectivity index (χ1n) is 3.86. The van der Waals surface area contributed by atoms with Crippen molar-refractivity contribution in [2.75, 3.05) is 7.11 Å². The van der Waals surface area contributed by atoms with Crippen LogP contribution in [0.15, 0.2) is 24.8 Å². The van der Waals surface area contributed by atoms with Gasteiger partial charge in [-0.2, -0.15) is 0 Å². The number of carbonyl (C=O) groups is 1. The lowest BCUT2D eigenvalue weighted by molar-refractivity contribution is -0.130. The third kappa shape index (κ3) is 1.69. The van der Waals surface area contributed by atoms with Gasteiger partial charge >= 0.3 is 5.97 Å². The summed E-state index contributed by atoms with van der Waals surface area (Å²) in [6.45, 7) is 3.35. The molecule has 0 aliphatic rings. The quantitative estimate of drug-likeness (QED) is 0.715. The molecule has 0 unspecified atom stereocenters. The van der Waals surface area contributed by atoms with E-state index in [9.17, 15) is 9.90 Å². The fraction of sp³-hybridized carbons (Fsp3) is 0.100. The predicted molar refractivity (Wildman–Crippen MR) is 51.3 cm³/mol. The average molecular weight is 194 g/mol. The topological polar surface area (TPSA) is 66.8 Å². The van der Waals surface area contributed by atoms with Crippen molar-refractivity contribution in [2.45, 2.75) is 0 Å². The summed E-state index contributed by atoms with van der Waals surface area (Å²) in [7, 11) is 1.39. The first-order valence-corrected chi connectivity index (χ1v) is 3.86. The molecular formula is C10H10O4. The molecule has 0 saturated carbocycles. The number of ether oxygens (including phenoxy) is 1. The number of rotatable bonds is 3. The van der Waals surface area contributed by atoms with Crippen LogP contribution >= 0.6 is 0 Å². The van der Waals surface area contributed by atoms with Crippen LogP contribution in [-0.2, 0) is 4.79 Å². The summed E-state index contributed by atoms with van der Waals surface area (Å²) in [6.07, 6.45) is 0. The third-order valence-corrected chi connectivity index (χ3v) is 1.80. The Morgan fingerprint density at radius 1 is 1.50 bits per heavy atom. The lowest BCUT2D eigenvalue weighted by atomic mass is 10.1. The molecule has 74 valence electrons. The van der Waals surface area contributed by atoms with Crippen molar-refractivity contribution in [2.24, 2.45) is 0 Å². The number of methoxy groups -OCH3 is 1. The molecule has 1 aromatic carbocycles. The molecule has 4 heteroatoms. The Morgan fingerprint density at radius 2 is 2.14 bits per heavy atom. The maximum absolute atomic E-state index is 10.6. The zero-order chi connectivity index (χ0) is 10.7. The minimum Gasteiger partial charge on any atom is -0.504 e. The van der Waals surface area contributed by atoms with Crippen molar-refractivity contribution in [3.05, 3.63) is 30.3 Å². The Hall–Kier alpha value is -1.97. The van der Waals surface area contributed by atoms with Crippen LogP contribution in [0.25, 0.3) is 5.57 Å². The number of phenolic OH excluding ortho intramolecular Hbond substituents is 1. The third-order valence-electron chi connectivity index (χ3n) is 1.80. The minimum atomic E-state index is -1.17. The van der Waals surface area contributed by atoms with Gasteiger partial charge in [-0.1, -0.05) is 18.7 Å². The minimum absolute atomic E-state index is 0.164. The molecule has 0 spiro atoms. The molecule has 0 aliphatic carbocycles. The van der Waals surface area contributed by atoms with E-state index in [2.05, 4.69) is 6.58 Å². The van der Waals surface area contributed by atoms with Gasteiger partial charge in [0.1, 0.15) is 0 Å². The number of phenols is 1. The molecule has 0 heterocycles. The molecule has 2 N–H and O–H groups in total. The van der Waals surface area contributed by atoms with Crippen LogP contribution in [-0.4, -0.2) is 23.3 Å². The van der Waals surface area contributed by atoms with E-state index in [1.807, 2.05) is 0 Å². The predicted octanol–water partition coefficient (Wildman–Crippen LogP) is 1.50. The highest BCUT2D eigenvalue weighted by atomic mass is 16.5. The van der Waals surface area contributed by atoms with Crippen molar-refractivity contribution in [1.82, 2.24) is 0 Å². The molecule has 14 heavy (non-hydrogen) atoms. The van der Waals surface area contributed by atoms with Gasteiger partial charge in [-0.15, -0.1) is 0 Å². The Morgan fingerprint density at radius 3 is 2.64 bits per heavy atom. The molecule has 0 amide bonds. The molecular weight excluding hydrogens is 184 g/mol. The summed E-state index contributed by atoms with van der Waals surface area (Å²) in [4.78, 5) is 10.6. The maximum atomic E-state index is 10.6. The second-order valence-electron chi connectivity index (χ2n) is 2.64. The van der Waals surface area contributed by atoms with Crippen molar-refractivity contribution in [1.29, 1.82) is 0 Å². The molecule has 0 fully saturated rings. The molecule has 0 atom stereocenters. The highest BCUT2D eigenvalue weighted by Crippen LogP contribution is 2.33. The number of aromatic hydroxyl groups is 1. The van der Waals surface area contributed by atoms with Gasteiger partial charge in [-0.25, -0.2) is 4.79 Å². The van der Waals surface area contributed by atoms with E-state index in [1.165, 1.54) is 19.2 Å². The van der Waals surface area contributed by atoms with Crippen molar-refractivity contribution in [3.8, 4) is 11.5 Å². The number of hydrogen-bond donors (Lipinski definition) is 2. The van der Waals surface area contributed by atoms with Gasteiger partial charge in [0.2, 0.25) is 0 Å². The van der Waals surface area contributed by atoms with Gasteiger partial charge in [0.05, 0.1) is 12.7 Å². The first-order chi connectivity index (χ1) is 6.57. The average Bonchev–Trinajstić information content (AvgIpc) is 2.17. The number of carboxylic acid groups (broad SMARTS) is 1. The second kappa shape index (κ2) is 3.83. The van der Waals surface area contributed by atoms with E-state index in [1.54, 1.807) is 6.07 Å². The number of para-hydroxylation sites is 1. The summed E-state index contributed by atoms with van der Waals surface area (Å²) >= 11 is 0. The first kappa shape index (κ1) is 10.1. The smallest absolute Gasteiger partial charge is 0.335 e. The highest BCUT2D eigenvalue weighted by Gasteiger charge is 2.14. The number of aliphatic carboxylic acids is 1. The Labute approximate surface area is 81.1 Å². The fourth-order valence-electron chi connectivity index (χ4n) is 1.05. The van der Waals surface area contributed by atoms with Crippen molar-refractivity contribution in [3.63, 3.8) is 0 Å². The normalized spacial score (nSPS) is 9.50. The SMILES string of the molecule is C=C(C(=O)O)c1cccc(OC)c1O. The summed E-state index contributed by atoms with van der Waals surface area (Å²) < 4.78 is 4.83. The van der Waals surface area contributed by atoms with Gasteiger partial charge in [-0.3, -0.25) is 0 Å². The molecule has 4 nitrogen and oxygen atoms in total. The van der Waals surface area contributed by atoms with Crippen LogP contribution in [0.4, 0.5) is 0 Å². The molecule has 0 saturated heterocycles. The summed E-state index contributed by atoms with van der Waals surface area (Å²) in [6, 6.07) is 4.59. The lowest BCUT2D eigenvalue weighted by Crippen LogP contribution is -1.98. The largest absolute Gasteiger partial charge is 0.504 e. The van der Waals surface area contributed by atoms with Gasteiger partial charge in [0.15, 0.2) is 11.5 Å². The Balaban J connectivity index is 3.22. The number of benzene rings is 1. The highest BCUT2D eigenvalue weighted by molar-refractivity contribution is 6.15. The monoisotopic (exact) mass is 194 g/mol. The number of carboxylic acids is 1. The Bertz CT molecular complexity index is 382. The van der Waals surface area contributed by atoms with E-state index < -0.39 is 5.97 Å². The standard InChI is InChI=1S/C10H10O4/c1-6(10(12)13)7-4-3-5-8(14-2)9(7)11/h3-5,11H,1H2,2H3,(H,12,13). The van der Waals surface area contributed by atoms with Crippen molar-refractivity contribution < 1.29 is 19.7 Å². The van der Waals surface area contributed by atoms with Gasteiger partial charge in [0.25, 0.3) is 0 Å². The summed E-state index contributed by atoms with van der Waals surface area (Å²) in [5.74, 6) is -1.15. The van der Waals surface area contributed by atoms with E-state index in [0.717, 1.165) is 0 Å². The lowest BCUT2D eigenvalue weighted by Gasteiger charge is -2.07. The zero-order valence-electron chi connectivity index (χ0n) is 7.65. The van der Waals surface area contributed by atoms with Crippen LogP contribution in [0, 0.1) is 0 Å². The van der Waals surface area contributed by atoms with Crippen molar-refractivity contribution >= 4 is 11.5 Å². The van der Waals surface area contributed by atoms with E-state index >= 15 is 0 Å². The zero-order valence-corrected chi connectivity index (χ0v) is 7.65. The molecule has 0 aliphatic heterocycles. The molecule has 1 aromatic rings. The number of hydrogen-bond acceptors (Lipinski definition) is 3. The van der Waals surface area contributed by atoms with Crippen LogP contribution in [0.3, 0.4) is 0 Å². The molecule has 0 bridgehead atoms. The maximum Gasteiger partial charge on any atom is 0.335 e. The van der Waals surface area contributed by atoms with Crippen LogP contribution in [0.2, 0.25) is 0 Å². The van der Waals surface area contributed by atoms with E-state index in [0.29, 0.717) is 0 Å². The summed E-state index contributed by atoms with van der Waals surface area (Å²) in [5, 5.41) is 18.2. The molecule has 0 radical (unpaired) electrons. The van der Waals surface area contributed by atoms with Gasteiger partial charge < -0.3 is 14.9 Å². The van der Waals surface area contributed by atoms with Gasteiger partial charge in [-0.05, 0) is 6.07 Å². The van der Waals surface area contributed by atoms with E-state index in [4.69, 9.17) is 9.84 Å². The fourth-order valence-corrected chi connectivity index (χ4v) is 1.05. The van der Waals surface area contributed by atoms with Crippen LogP contribution in [0.5, 0.6) is 11.5 Å². The molecule has 1 rings (SSSR count). The summed E-state index contributed by atoms with van der Waals surface area (Å²) in [5.41, 5.74) is -0.00162. The van der Waals surface area contributed by atoms with Crippen LogP contribution in [0.1, 0.15) is 5.56 Å². The van der Waals surface area contributed by atoms with E-state index in [-0.39, 0.29) is 22.6 Å².